The fourth-order valence-electron chi connectivity index (χ4n) is 3.39. The molecule has 16 heavy (non-hydrogen) atoms. The summed E-state index contributed by atoms with van der Waals surface area (Å²) in [5.74, 6) is 0.0840. The van der Waals surface area contributed by atoms with Gasteiger partial charge in [-0.2, -0.15) is 0 Å². The van der Waals surface area contributed by atoms with Crippen molar-refractivity contribution in [3.63, 3.8) is 0 Å². The van der Waals surface area contributed by atoms with E-state index < -0.39 is 11.9 Å². The molecule has 0 aromatic heterocycles. The van der Waals surface area contributed by atoms with E-state index in [4.69, 9.17) is 5.11 Å². The van der Waals surface area contributed by atoms with Crippen LogP contribution in [0.5, 0.6) is 0 Å². The lowest BCUT2D eigenvalue weighted by Gasteiger charge is -2.16. The van der Waals surface area contributed by atoms with E-state index in [0.717, 1.165) is 13.1 Å². The summed E-state index contributed by atoms with van der Waals surface area (Å²) in [4.78, 5) is 24.7. The number of amides is 1. The minimum Gasteiger partial charge on any atom is -0.481 e. The SMILES string of the molecule is O=C(O)[C@H]1C[C@H]1C(=O)N1CC2CCCC2C1. The number of rotatable bonds is 2. The highest BCUT2D eigenvalue weighted by atomic mass is 16.4. The number of carbonyl (C=O) groups excluding carboxylic acids is 1. The van der Waals surface area contributed by atoms with E-state index in [2.05, 4.69) is 0 Å². The molecule has 1 amide bonds. The Morgan fingerprint density at radius 3 is 2.19 bits per heavy atom. The standard InChI is InChI=1S/C12H17NO3/c14-11(9-4-10(9)12(15)16)13-5-7-2-1-3-8(7)6-13/h7-10H,1-6H2,(H,15,16)/t7?,8?,9-,10+/m1/s1. The van der Waals surface area contributed by atoms with Crippen molar-refractivity contribution in [3.8, 4) is 0 Å². The smallest absolute Gasteiger partial charge is 0.307 e. The lowest BCUT2D eigenvalue weighted by atomic mass is 10.0. The van der Waals surface area contributed by atoms with Crippen LogP contribution in [0.2, 0.25) is 0 Å². The number of aliphatic carboxylic acids is 1. The number of fused-ring (bicyclic) bond motifs is 1. The van der Waals surface area contributed by atoms with E-state index in [1.807, 2.05) is 4.90 Å². The third-order valence-corrected chi connectivity index (χ3v) is 4.46. The van der Waals surface area contributed by atoms with Crippen LogP contribution in [0.3, 0.4) is 0 Å². The topological polar surface area (TPSA) is 57.6 Å². The molecular formula is C12H17NO3. The summed E-state index contributed by atoms with van der Waals surface area (Å²) in [5, 5.41) is 8.81. The maximum absolute atomic E-state index is 12.0. The molecule has 1 N–H and O–H groups in total. The normalized spacial score (nSPS) is 40.9. The summed E-state index contributed by atoms with van der Waals surface area (Å²) >= 11 is 0. The van der Waals surface area contributed by atoms with Gasteiger partial charge in [0.15, 0.2) is 0 Å². The van der Waals surface area contributed by atoms with Crippen LogP contribution >= 0.6 is 0 Å². The first kappa shape index (κ1) is 10.1. The van der Waals surface area contributed by atoms with Crippen LogP contribution in [0.15, 0.2) is 0 Å². The van der Waals surface area contributed by atoms with Gasteiger partial charge in [0.2, 0.25) is 5.91 Å². The molecular weight excluding hydrogens is 206 g/mol. The summed E-state index contributed by atoms with van der Waals surface area (Å²) in [6, 6.07) is 0. The molecule has 3 fully saturated rings. The van der Waals surface area contributed by atoms with Gasteiger partial charge in [-0.05, 0) is 31.1 Å². The van der Waals surface area contributed by atoms with E-state index >= 15 is 0 Å². The van der Waals surface area contributed by atoms with Gasteiger partial charge in [-0.25, -0.2) is 0 Å². The van der Waals surface area contributed by atoms with Crippen molar-refractivity contribution in [1.82, 2.24) is 4.90 Å². The zero-order valence-electron chi connectivity index (χ0n) is 9.26. The second-order valence-corrected chi connectivity index (χ2v) is 5.48. The van der Waals surface area contributed by atoms with Gasteiger partial charge in [-0.15, -0.1) is 0 Å². The highest BCUT2D eigenvalue weighted by molar-refractivity contribution is 5.89. The number of nitrogens with zero attached hydrogens (tertiary/aromatic N) is 1. The van der Waals surface area contributed by atoms with Crippen molar-refractivity contribution in [2.75, 3.05) is 13.1 Å². The monoisotopic (exact) mass is 223 g/mol. The molecule has 2 unspecified atom stereocenters. The Balaban J connectivity index is 1.59. The zero-order chi connectivity index (χ0) is 11.3. The molecule has 1 aliphatic heterocycles. The lowest BCUT2D eigenvalue weighted by molar-refractivity contribution is -0.141. The minimum atomic E-state index is -0.808. The Kier molecular flexibility index (Phi) is 2.19. The van der Waals surface area contributed by atoms with Gasteiger partial charge < -0.3 is 10.0 Å². The van der Waals surface area contributed by atoms with Crippen LogP contribution in [0.25, 0.3) is 0 Å². The average Bonchev–Trinajstić information content (AvgIpc) is 2.75. The largest absolute Gasteiger partial charge is 0.481 e. The molecule has 3 rings (SSSR count). The Labute approximate surface area is 94.6 Å². The predicted molar refractivity (Wildman–Crippen MR) is 56.6 cm³/mol. The van der Waals surface area contributed by atoms with Crippen molar-refractivity contribution in [2.45, 2.75) is 25.7 Å². The van der Waals surface area contributed by atoms with E-state index in [-0.39, 0.29) is 11.8 Å². The molecule has 0 aromatic rings. The van der Waals surface area contributed by atoms with Gasteiger partial charge in [0.1, 0.15) is 0 Å². The molecule has 0 bridgehead atoms. The van der Waals surface area contributed by atoms with Gasteiger partial charge in [0, 0.05) is 13.1 Å². The molecule has 4 atom stereocenters. The molecule has 0 aromatic carbocycles. The van der Waals surface area contributed by atoms with Gasteiger partial charge >= 0.3 is 5.97 Å². The van der Waals surface area contributed by atoms with E-state index in [0.29, 0.717) is 18.3 Å². The van der Waals surface area contributed by atoms with E-state index in [1.165, 1.54) is 19.3 Å². The van der Waals surface area contributed by atoms with Crippen LogP contribution in [0, 0.1) is 23.7 Å². The van der Waals surface area contributed by atoms with Crippen LogP contribution in [0.4, 0.5) is 0 Å². The minimum absolute atomic E-state index is 0.0989. The third kappa shape index (κ3) is 1.51. The predicted octanol–water partition coefficient (Wildman–Crippen LogP) is 0.966. The van der Waals surface area contributed by atoms with Crippen LogP contribution in [-0.2, 0) is 9.59 Å². The Hall–Kier alpha value is -1.06. The van der Waals surface area contributed by atoms with Gasteiger partial charge in [-0.1, -0.05) is 6.42 Å². The van der Waals surface area contributed by atoms with Crippen LogP contribution in [0.1, 0.15) is 25.7 Å². The number of carboxylic acids is 1. The summed E-state index contributed by atoms with van der Waals surface area (Å²) in [7, 11) is 0. The van der Waals surface area contributed by atoms with Crippen LogP contribution in [-0.4, -0.2) is 35.0 Å². The van der Waals surface area contributed by atoms with E-state index in [1.54, 1.807) is 0 Å². The molecule has 4 nitrogen and oxygen atoms in total. The Morgan fingerprint density at radius 2 is 1.69 bits per heavy atom. The quantitative estimate of drug-likeness (QED) is 0.758. The Bertz CT molecular complexity index is 329. The number of hydrogen-bond acceptors (Lipinski definition) is 2. The number of hydrogen-bond donors (Lipinski definition) is 1. The number of carbonyl (C=O) groups is 2. The van der Waals surface area contributed by atoms with Crippen molar-refractivity contribution in [3.05, 3.63) is 0 Å². The summed E-state index contributed by atoms with van der Waals surface area (Å²) in [5.41, 5.74) is 0. The molecule has 4 heteroatoms. The first-order chi connectivity index (χ1) is 7.66. The van der Waals surface area contributed by atoms with Crippen LogP contribution < -0.4 is 0 Å². The van der Waals surface area contributed by atoms with Crippen molar-refractivity contribution < 1.29 is 14.7 Å². The van der Waals surface area contributed by atoms with Crippen molar-refractivity contribution in [1.29, 1.82) is 0 Å². The summed E-state index contributed by atoms with van der Waals surface area (Å²) < 4.78 is 0. The number of carboxylic acid groups (broad SMARTS) is 1. The zero-order valence-corrected chi connectivity index (χ0v) is 9.26. The van der Waals surface area contributed by atoms with E-state index in [9.17, 15) is 9.59 Å². The highest BCUT2D eigenvalue weighted by Crippen LogP contribution is 2.43. The van der Waals surface area contributed by atoms with Crippen molar-refractivity contribution >= 4 is 11.9 Å². The van der Waals surface area contributed by atoms with Gasteiger partial charge in [-0.3, -0.25) is 9.59 Å². The molecule has 3 aliphatic rings. The molecule has 0 radical (unpaired) electrons. The average molecular weight is 223 g/mol. The van der Waals surface area contributed by atoms with Gasteiger partial charge in [0.05, 0.1) is 11.8 Å². The summed E-state index contributed by atoms with van der Waals surface area (Å²) in [6.07, 6.45) is 4.36. The summed E-state index contributed by atoms with van der Waals surface area (Å²) in [6.45, 7) is 1.76. The molecule has 2 aliphatic carbocycles. The molecule has 0 spiro atoms. The third-order valence-electron chi connectivity index (χ3n) is 4.46. The fourth-order valence-corrected chi connectivity index (χ4v) is 3.39. The molecule has 1 heterocycles. The molecule has 2 saturated carbocycles. The maximum atomic E-state index is 12.0. The highest BCUT2D eigenvalue weighted by Gasteiger charge is 2.51. The second-order valence-electron chi connectivity index (χ2n) is 5.48. The fraction of sp³-hybridized carbons (Fsp3) is 0.833. The Morgan fingerprint density at radius 1 is 1.06 bits per heavy atom. The molecule has 88 valence electrons. The number of likely N-dealkylation sites (tertiary alicyclic amines) is 1. The first-order valence-electron chi connectivity index (χ1n) is 6.18. The maximum Gasteiger partial charge on any atom is 0.307 e. The van der Waals surface area contributed by atoms with Crippen molar-refractivity contribution in [2.24, 2.45) is 23.7 Å². The van der Waals surface area contributed by atoms with Gasteiger partial charge in [0.25, 0.3) is 0 Å². The first-order valence-corrected chi connectivity index (χ1v) is 6.18. The lowest BCUT2D eigenvalue weighted by Crippen LogP contribution is -2.31. The molecule has 1 saturated heterocycles. The second kappa shape index (κ2) is 3.47.